The Morgan fingerprint density at radius 3 is 3.00 bits per heavy atom. The normalized spacial score (nSPS) is 18.4. The van der Waals surface area contributed by atoms with Crippen molar-refractivity contribution in [3.05, 3.63) is 58.3 Å². The summed E-state index contributed by atoms with van der Waals surface area (Å²) in [6.45, 7) is 0. The molecule has 0 amide bonds. The molecular weight excluding hydrogens is 316 g/mol. The van der Waals surface area contributed by atoms with Crippen LogP contribution in [0.2, 0.25) is 0 Å². The minimum atomic E-state index is 0.177. The fourth-order valence-electron chi connectivity index (χ4n) is 2.67. The molecule has 2 heterocycles. The number of nitrogens with zero attached hydrogens (tertiary/aromatic N) is 1. The molecule has 3 rings (SSSR count). The van der Waals surface area contributed by atoms with Gasteiger partial charge in [-0.05, 0) is 52.7 Å². The maximum atomic E-state index is 6.07. The predicted molar refractivity (Wildman–Crippen MR) is 83.1 cm³/mol. The molecule has 20 heavy (non-hydrogen) atoms. The van der Waals surface area contributed by atoms with E-state index in [4.69, 9.17) is 4.74 Å². The Bertz CT molecular complexity index is 578. The van der Waals surface area contributed by atoms with E-state index in [9.17, 15) is 0 Å². The van der Waals surface area contributed by atoms with Gasteiger partial charge in [0, 0.05) is 29.3 Å². The summed E-state index contributed by atoms with van der Waals surface area (Å²) >= 11 is 3.47. The number of fused-ring (bicyclic) bond motifs is 1. The van der Waals surface area contributed by atoms with E-state index in [1.807, 2.05) is 25.4 Å². The minimum Gasteiger partial charge on any atom is -0.488 e. The highest BCUT2D eigenvalue weighted by Gasteiger charge is 2.29. The van der Waals surface area contributed by atoms with E-state index < -0.39 is 0 Å². The Labute approximate surface area is 127 Å². The van der Waals surface area contributed by atoms with Crippen LogP contribution in [0.4, 0.5) is 0 Å². The van der Waals surface area contributed by atoms with Crippen molar-refractivity contribution in [1.82, 2.24) is 10.3 Å². The minimum absolute atomic E-state index is 0.177. The van der Waals surface area contributed by atoms with Crippen molar-refractivity contribution in [2.45, 2.75) is 25.0 Å². The van der Waals surface area contributed by atoms with Crippen molar-refractivity contribution in [3.8, 4) is 5.75 Å². The van der Waals surface area contributed by atoms with Crippen LogP contribution in [-0.4, -0.2) is 24.2 Å². The zero-order chi connectivity index (χ0) is 13.9. The number of likely N-dealkylation sites (N-methyl/N-ethyl adjacent to an activating group) is 1. The SMILES string of the molecule is CNC(Cc1cncc(Br)c1)C1Cc2ccccc2O1. The second kappa shape index (κ2) is 5.94. The molecule has 2 aromatic rings. The van der Waals surface area contributed by atoms with Crippen molar-refractivity contribution < 1.29 is 4.74 Å². The predicted octanol–water partition coefficient (Wildman–Crippen LogP) is 2.98. The summed E-state index contributed by atoms with van der Waals surface area (Å²) in [6, 6.07) is 10.7. The quantitative estimate of drug-likeness (QED) is 0.934. The average molecular weight is 333 g/mol. The first-order valence-corrected chi connectivity index (χ1v) is 7.57. The second-order valence-corrected chi connectivity index (χ2v) is 5.99. The summed E-state index contributed by atoms with van der Waals surface area (Å²) in [6.07, 6.45) is 5.76. The Hall–Kier alpha value is -1.39. The van der Waals surface area contributed by atoms with E-state index >= 15 is 0 Å². The number of benzene rings is 1. The summed E-state index contributed by atoms with van der Waals surface area (Å²) < 4.78 is 7.08. The van der Waals surface area contributed by atoms with Gasteiger partial charge in [0.1, 0.15) is 11.9 Å². The van der Waals surface area contributed by atoms with Crippen LogP contribution >= 0.6 is 15.9 Å². The molecule has 1 aromatic carbocycles. The highest BCUT2D eigenvalue weighted by Crippen LogP contribution is 2.30. The van der Waals surface area contributed by atoms with Crippen LogP contribution in [0.1, 0.15) is 11.1 Å². The molecule has 1 N–H and O–H groups in total. The first-order chi connectivity index (χ1) is 9.76. The average Bonchev–Trinajstić information content (AvgIpc) is 2.88. The molecular formula is C16H17BrN2O. The largest absolute Gasteiger partial charge is 0.488 e. The summed E-state index contributed by atoms with van der Waals surface area (Å²) in [5.74, 6) is 1.02. The number of hydrogen-bond acceptors (Lipinski definition) is 3. The zero-order valence-corrected chi connectivity index (χ0v) is 12.9. The molecule has 1 aliphatic heterocycles. The van der Waals surface area contributed by atoms with Crippen LogP contribution in [0.15, 0.2) is 47.2 Å². The molecule has 0 bridgehead atoms. The van der Waals surface area contributed by atoms with Gasteiger partial charge in [0.05, 0.1) is 0 Å². The number of rotatable bonds is 4. The van der Waals surface area contributed by atoms with Crippen LogP contribution in [0.25, 0.3) is 0 Å². The molecule has 1 aliphatic rings. The third-order valence-electron chi connectivity index (χ3n) is 3.71. The molecule has 3 nitrogen and oxygen atoms in total. The lowest BCUT2D eigenvalue weighted by molar-refractivity contribution is 0.182. The van der Waals surface area contributed by atoms with Gasteiger partial charge in [-0.1, -0.05) is 18.2 Å². The number of nitrogens with one attached hydrogen (secondary N) is 1. The first kappa shape index (κ1) is 13.6. The smallest absolute Gasteiger partial charge is 0.123 e. The standard InChI is InChI=1S/C16H17BrN2O/c1-18-14(7-11-6-13(17)10-19-9-11)16-8-12-4-2-3-5-15(12)20-16/h2-6,9-10,14,16,18H,7-8H2,1H3. The van der Waals surface area contributed by atoms with E-state index in [-0.39, 0.29) is 12.1 Å². The molecule has 4 heteroatoms. The van der Waals surface area contributed by atoms with Gasteiger partial charge >= 0.3 is 0 Å². The van der Waals surface area contributed by atoms with Crippen molar-refractivity contribution in [2.24, 2.45) is 0 Å². The molecule has 2 unspecified atom stereocenters. The summed E-state index contributed by atoms with van der Waals surface area (Å²) in [7, 11) is 1.99. The van der Waals surface area contributed by atoms with Crippen LogP contribution in [0.3, 0.4) is 0 Å². The number of para-hydroxylation sites is 1. The molecule has 0 radical (unpaired) electrons. The molecule has 0 saturated heterocycles. The zero-order valence-electron chi connectivity index (χ0n) is 11.3. The monoisotopic (exact) mass is 332 g/mol. The lowest BCUT2D eigenvalue weighted by Crippen LogP contribution is -2.42. The van der Waals surface area contributed by atoms with E-state index in [0.29, 0.717) is 0 Å². The number of pyridine rings is 1. The van der Waals surface area contributed by atoms with Crippen molar-refractivity contribution >= 4 is 15.9 Å². The Morgan fingerprint density at radius 1 is 1.40 bits per heavy atom. The molecule has 104 valence electrons. The number of halogens is 1. The second-order valence-electron chi connectivity index (χ2n) is 5.08. The summed E-state index contributed by atoms with van der Waals surface area (Å²) in [5.41, 5.74) is 2.50. The van der Waals surface area contributed by atoms with Crippen LogP contribution < -0.4 is 10.1 Å². The van der Waals surface area contributed by atoms with Crippen LogP contribution in [0, 0.1) is 0 Å². The van der Waals surface area contributed by atoms with Gasteiger partial charge in [-0.2, -0.15) is 0 Å². The highest BCUT2D eigenvalue weighted by molar-refractivity contribution is 9.10. The molecule has 0 aliphatic carbocycles. The Kier molecular flexibility index (Phi) is 4.03. The van der Waals surface area contributed by atoms with Gasteiger partial charge in [-0.15, -0.1) is 0 Å². The number of hydrogen-bond donors (Lipinski definition) is 1. The summed E-state index contributed by atoms with van der Waals surface area (Å²) in [4.78, 5) is 4.22. The fraction of sp³-hybridized carbons (Fsp3) is 0.312. The first-order valence-electron chi connectivity index (χ1n) is 6.77. The third kappa shape index (κ3) is 2.86. The number of ether oxygens (including phenoxy) is 1. The summed E-state index contributed by atoms with van der Waals surface area (Å²) in [5, 5.41) is 3.38. The third-order valence-corrected chi connectivity index (χ3v) is 4.14. The van der Waals surface area contributed by atoms with Gasteiger partial charge in [-0.25, -0.2) is 0 Å². The van der Waals surface area contributed by atoms with Crippen molar-refractivity contribution in [3.63, 3.8) is 0 Å². The van der Waals surface area contributed by atoms with E-state index in [0.717, 1.165) is 23.1 Å². The lowest BCUT2D eigenvalue weighted by Gasteiger charge is -2.23. The van der Waals surface area contributed by atoms with Crippen LogP contribution in [0.5, 0.6) is 5.75 Å². The van der Waals surface area contributed by atoms with E-state index in [2.05, 4.69) is 44.4 Å². The fourth-order valence-corrected chi connectivity index (χ4v) is 3.09. The molecule has 1 aromatic heterocycles. The van der Waals surface area contributed by atoms with Gasteiger partial charge in [0.15, 0.2) is 0 Å². The Balaban J connectivity index is 1.72. The topological polar surface area (TPSA) is 34.2 Å². The Morgan fingerprint density at radius 2 is 2.25 bits per heavy atom. The number of aromatic nitrogens is 1. The van der Waals surface area contributed by atoms with Crippen LogP contribution in [-0.2, 0) is 12.8 Å². The molecule has 0 fully saturated rings. The van der Waals surface area contributed by atoms with E-state index in [1.165, 1.54) is 11.1 Å². The molecule has 0 saturated carbocycles. The maximum Gasteiger partial charge on any atom is 0.123 e. The highest BCUT2D eigenvalue weighted by atomic mass is 79.9. The van der Waals surface area contributed by atoms with E-state index in [1.54, 1.807) is 6.20 Å². The van der Waals surface area contributed by atoms with Gasteiger partial charge in [0.25, 0.3) is 0 Å². The van der Waals surface area contributed by atoms with Gasteiger partial charge in [0.2, 0.25) is 0 Å². The lowest BCUT2D eigenvalue weighted by atomic mass is 9.99. The molecule has 2 atom stereocenters. The van der Waals surface area contributed by atoms with Gasteiger partial charge < -0.3 is 10.1 Å². The van der Waals surface area contributed by atoms with Gasteiger partial charge in [-0.3, -0.25) is 4.98 Å². The van der Waals surface area contributed by atoms with Crippen molar-refractivity contribution in [1.29, 1.82) is 0 Å². The van der Waals surface area contributed by atoms with Crippen molar-refractivity contribution in [2.75, 3.05) is 7.05 Å². The maximum absolute atomic E-state index is 6.07. The molecule has 0 spiro atoms.